The first-order valence-electron chi connectivity index (χ1n) is 5.86. The normalized spacial score (nSPS) is 11.1. The third kappa shape index (κ3) is 1.62. The van der Waals surface area contributed by atoms with E-state index in [0.29, 0.717) is 0 Å². The minimum Gasteiger partial charge on any atom is -0.399 e. The first-order valence-corrected chi connectivity index (χ1v) is 5.86. The Labute approximate surface area is 100 Å². The summed E-state index contributed by atoms with van der Waals surface area (Å²) in [7, 11) is 0. The van der Waals surface area contributed by atoms with Crippen molar-refractivity contribution in [2.45, 2.75) is 13.3 Å². The molecule has 0 aliphatic rings. The molecule has 3 aromatic rings. The SMILES string of the molecule is CCc1cccc2nc3ccc(N)cc3cc12. The maximum Gasteiger partial charge on any atom is 0.0712 e. The Morgan fingerprint density at radius 1 is 1.06 bits per heavy atom. The largest absolute Gasteiger partial charge is 0.399 e. The number of nitrogens with two attached hydrogens (primary N) is 1. The maximum absolute atomic E-state index is 5.81. The molecule has 1 aromatic heterocycles. The van der Waals surface area contributed by atoms with Gasteiger partial charge < -0.3 is 5.73 Å². The van der Waals surface area contributed by atoms with Gasteiger partial charge in [-0.25, -0.2) is 4.98 Å². The average molecular weight is 222 g/mol. The highest BCUT2D eigenvalue weighted by Gasteiger charge is 2.03. The predicted octanol–water partition coefficient (Wildman–Crippen LogP) is 3.53. The average Bonchev–Trinajstić information content (AvgIpc) is 2.35. The second-order valence-electron chi connectivity index (χ2n) is 4.28. The van der Waals surface area contributed by atoms with Crippen LogP contribution in [-0.2, 0) is 6.42 Å². The smallest absolute Gasteiger partial charge is 0.0712 e. The number of anilines is 1. The number of hydrogen-bond donors (Lipinski definition) is 1. The standard InChI is InChI=1S/C15H14N2/c1-2-10-4-3-5-15-13(10)9-11-8-12(16)6-7-14(11)17-15/h3-9H,2,16H2,1H3. The van der Waals surface area contributed by atoms with Gasteiger partial charge in [-0.3, -0.25) is 0 Å². The van der Waals surface area contributed by atoms with Gasteiger partial charge in [0.1, 0.15) is 0 Å². The third-order valence-corrected chi connectivity index (χ3v) is 3.15. The Morgan fingerprint density at radius 2 is 1.94 bits per heavy atom. The molecule has 0 spiro atoms. The lowest BCUT2D eigenvalue weighted by molar-refractivity contribution is 1.16. The molecule has 84 valence electrons. The highest BCUT2D eigenvalue weighted by Crippen LogP contribution is 2.24. The van der Waals surface area contributed by atoms with E-state index < -0.39 is 0 Å². The van der Waals surface area contributed by atoms with E-state index >= 15 is 0 Å². The number of nitrogen functional groups attached to an aromatic ring is 1. The van der Waals surface area contributed by atoms with Crippen molar-refractivity contribution in [1.29, 1.82) is 0 Å². The first-order chi connectivity index (χ1) is 8.28. The minimum absolute atomic E-state index is 0.785. The number of pyridine rings is 1. The van der Waals surface area contributed by atoms with E-state index in [0.717, 1.165) is 28.5 Å². The summed E-state index contributed by atoms with van der Waals surface area (Å²) in [6.07, 6.45) is 1.02. The van der Waals surface area contributed by atoms with Gasteiger partial charge in [0.2, 0.25) is 0 Å². The van der Waals surface area contributed by atoms with Crippen molar-refractivity contribution in [1.82, 2.24) is 4.98 Å². The van der Waals surface area contributed by atoms with Crippen molar-refractivity contribution >= 4 is 27.5 Å². The molecule has 3 rings (SSSR count). The fourth-order valence-electron chi connectivity index (χ4n) is 2.25. The van der Waals surface area contributed by atoms with Crippen molar-refractivity contribution in [2.75, 3.05) is 5.73 Å². The number of aryl methyl sites for hydroxylation is 1. The van der Waals surface area contributed by atoms with Crippen LogP contribution >= 0.6 is 0 Å². The highest BCUT2D eigenvalue weighted by molar-refractivity contribution is 5.95. The van der Waals surface area contributed by atoms with Gasteiger partial charge in [-0.2, -0.15) is 0 Å². The van der Waals surface area contributed by atoms with Gasteiger partial charge in [-0.05, 0) is 42.3 Å². The van der Waals surface area contributed by atoms with Gasteiger partial charge in [-0.15, -0.1) is 0 Å². The zero-order chi connectivity index (χ0) is 11.8. The van der Waals surface area contributed by atoms with Crippen molar-refractivity contribution < 1.29 is 0 Å². The Hall–Kier alpha value is -2.09. The summed E-state index contributed by atoms with van der Waals surface area (Å²) in [4.78, 5) is 4.67. The quantitative estimate of drug-likeness (QED) is 0.505. The second-order valence-corrected chi connectivity index (χ2v) is 4.28. The molecular formula is C15H14N2. The Balaban J connectivity index is 2.44. The van der Waals surface area contributed by atoms with Gasteiger partial charge >= 0.3 is 0 Å². The predicted molar refractivity (Wildman–Crippen MR) is 73.0 cm³/mol. The summed E-state index contributed by atoms with van der Waals surface area (Å²) in [6.45, 7) is 2.17. The van der Waals surface area contributed by atoms with E-state index in [1.54, 1.807) is 0 Å². The van der Waals surface area contributed by atoms with E-state index in [4.69, 9.17) is 5.73 Å². The van der Waals surface area contributed by atoms with Gasteiger partial charge in [0.25, 0.3) is 0 Å². The van der Waals surface area contributed by atoms with Gasteiger partial charge in [0.05, 0.1) is 11.0 Å². The molecule has 1 heterocycles. The van der Waals surface area contributed by atoms with Gasteiger partial charge in [0.15, 0.2) is 0 Å². The second kappa shape index (κ2) is 3.74. The fraction of sp³-hybridized carbons (Fsp3) is 0.133. The van der Waals surface area contributed by atoms with Crippen molar-refractivity contribution in [3.63, 3.8) is 0 Å². The van der Waals surface area contributed by atoms with Crippen LogP contribution in [0.4, 0.5) is 5.69 Å². The maximum atomic E-state index is 5.81. The number of fused-ring (bicyclic) bond motifs is 2. The van der Waals surface area contributed by atoms with Crippen LogP contribution < -0.4 is 5.73 Å². The molecule has 0 aliphatic carbocycles. The fourth-order valence-corrected chi connectivity index (χ4v) is 2.25. The molecule has 0 aliphatic heterocycles. The summed E-state index contributed by atoms with van der Waals surface area (Å²) in [6, 6.07) is 14.3. The lowest BCUT2D eigenvalue weighted by atomic mass is 10.0. The Bertz CT molecular complexity index is 702. The van der Waals surface area contributed by atoms with E-state index in [1.165, 1.54) is 10.9 Å². The molecule has 2 aromatic carbocycles. The third-order valence-electron chi connectivity index (χ3n) is 3.15. The molecule has 2 N–H and O–H groups in total. The molecule has 0 saturated carbocycles. The van der Waals surface area contributed by atoms with Crippen molar-refractivity contribution in [3.8, 4) is 0 Å². The summed E-state index contributed by atoms with van der Waals surface area (Å²) < 4.78 is 0. The first kappa shape index (κ1) is 10.1. The molecule has 2 heteroatoms. The van der Waals surface area contributed by atoms with E-state index in [2.05, 4.69) is 36.2 Å². The molecule has 17 heavy (non-hydrogen) atoms. The van der Waals surface area contributed by atoms with Crippen LogP contribution in [0.5, 0.6) is 0 Å². The number of nitrogens with zero attached hydrogens (tertiary/aromatic N) is 1. The Morgan fingerprint density at radius 3 is 2.76 bits per heavy atom. The van der Waals surface area contributed by atoms with Crippen molar-refractivity contribution in [3.05, 3.63) is 48.0 Å². The molecule has 0 unspecified atom stereocenters. The van der Waals surface area contributed by atoms with Gasteiger partial charge in [-0.1, -0.05) is 19.1 Å². The van der Waals surface area contributed by atoms with E-state index in [1.807, 2.05) is 18.2 Å². The summed E-state index contributed by atoms with van der Waals surface area (Å²) in [5.74, 6) is 0. The number of hydrogen-bond acceptors (Lipinski definition) is 2. The molecular weight excluding hydrogens is 208 g/mol. The molecule has 0 radical (unpaired) electrons. The van der Waals surface area contributed by atoms with Crippen LogP contribution in [-0.4, -0.2) is 4.98 Å². The summed E-state index contributed by atoms with van der Waals surface area (Å²) in [5.41, 5.74) is 9.99. The minimum atomic E-state index is 0.785. The van der Waals surface area contributed by atoms with E-state index in [9.17, 15) is 0 Å². The molecule has 0 bridgehead atoms. The van der Waals surface area contributed by atoms with Crippen LogP contribution in [0.2, 0.25) is 0 Å². The molecule has 0 fully saturated rings. The summed E-state index contributed by atoms with van der Waals surface area (Å²) in [5, 5.41) is 2.34. The van der Waals surface area contributed by atoms with E-state index in [-0.39, 0.29) is 0 Å². The molecule has 0 amide bonds. The Kier molecular flexibility index (Phi) is 2.22. The number of aromatic nitrogens is 1. The van der Waals surface area contributed by atoms with Crippen LogP contribution in [0.15, 0.2) is 42.5 Å². The van der Waals surface area contributed by atoms with Crippen LogP contribution in [0.1, 0.15) is 12.5 Å². The van der Waals surface area contributed by atoms with Crippen molar-refractivity contribution in [2.24, 2.45) is 0 Å². The molecule has 0 saturated heterocycles. The van der Waals surface area contributed by atoms with Crippen LogP contribution in [0, 0.1) is 0 Å². The molecule has 0 atom stereocenters. The lowest BCUT2D eigenvalue weighted by Gasteiger charge is -2.06. The van der Waals surface area contributed by atoms with Crippen LogP contribution in [0.3, 0.4) is 0 Å². The topological polar surface area (TPSA) is 38.9 Å². The highest BCUT2D eigenvalue weighted by atomic mass is 14.7. The lowest BCUT2D eigenvalue weighted by Crippen LogP contribution is -1.89. The number of rotatable bonds is 1. The summed E-state index contributed by atoms with van der Waals surface area (Å²) >= 11 is 0. The van der Waals surface area contributed by atoms with Crippen LogP contribution in [0.25, 0.3) is 21.8 Å². The zero-order valence-corrected chi connectivity index (χ0v) is 9.77. The zero-order valence-electron chi connectivity index (χ0n) is 9.77. The number of benzene rings is 2. The molecule has 2 nitrogen and oxygen atoms in total. The monoisotopic (exact) mass is 222 g/mol. The van der Waals surface area contributed by atoms with Gasteiger partial charge in [0, 0.05) is 16.5 Å².